The van der Waals surface area contributed by atoms with Gasteiger partial charge in [-0.05, 0) is 20.8 Å². The molecule has 0 aliphatic rings. The molecule has 90 valence electrons. The van der Waals surface area contributed by atoms with Gasteiger partial charge >= 0.3 is 5.97 Å². The third kappa shape index (κ3) is 8.26. The lowest BCUT2D eigenvalue weighted by Gasteiger charge is -2.19. The van der Waals surface area contributed by atoms with Crippen LogP contribution in [0, 0.1) is 0 Å². The largest absolute Gasteiger partial charge is 0.459 e. The number of ether oxygens (including phenoxy) is 1. The molecule has 0 saturated heterocycles. The average Bonchev–Trinajstić information content (AvgIpc) is 2.00. The fourth-order valence-corrected chi connectivity index (χ4v) is 0.789. The highest BCUT2D eigenvalue weighted by molar-refractivity contribution is 5.72. The zero-order chi connectivity index (χ0) is 12.1. The summed E-state index contributed by atoms with van der Waals surface area (Å²) in [6.07, 6.45) is -4.57. The smallest absolute Gasteiger partial charge is 0.320 e. The van der Waals surface area contributed by atoms with E-state index in [1.165, 1.54) is 0 Å². The van der Waals surface area contributed by atoms with Crippen LogP contribution in [0.1, 0.15) is 20.8 Å². The van der Waals surface area contributed by atoms with Crippen LogP contribution in [-0.4, -0.2) is 42.3 Å². The molecule has 0 aromatic heterocycles. The van der Waals surface area contributed by atoms with Gasteiger partial charge in [0.15, 0.2) is 0 Å². The van der Waals surface area contributed by atoms with Gasteiger partial charge in [-0.2, -0.15) is 0 Å². The van der Waals surface area contributed by atoms with E-state index < -0.39 is 24.1 Å². The maximum atomic E-state index is 11.8. The van der Waals surface area contributed by atoms with Gasteiger partial charge < -0.3 is 15.2 Å². The van der Waals surface area contributed by atoms with Gasteiger partial charge in [0.2, 0.25) is 0 Å². The predicted octanol–water partition coefficient (Wildman–Crippen LogP) is 0.544. The SMILES string of the molecule is CC(C)(C)OC(=O)CNCC(O)C(F)F. The van der Waals surface area contributed by atoms with Crippen LogP contribution in [-0.2, 0) is 9.53 Å². The molecule has 0 aliphatic heterocycles. The highest BCUT2D eigenvalue weighted by Gasteiger charge is 2.18. The van der Waals surface area contributed by atoms with E-state index in [0.29, 0.717) is 0 Å². The molecular formula is C9H17F2NO3. The zero-order valence-corrected chi connectivity index (χ0v) is 9.09. The van der Waals surface area contributed by atoms with Crippen molar-refractivity contribution in [3.63, 3.8) is 0 Å². The second-order valence-electron chi connectivity index (χ2n) is 4.12. The molecule has 0 radical (unpaired) electrons. The Hall–Kier alpha value is -0.750. The average molecular weight is 225 g/mol. The third-order valence-corrected chi connectivity index (χ3v) is 1.33. The fourth-order valence-electron chi connectivity index (χ4n) is 0.789. The first-order valence-corrected chi connectivity index (χ1v) is 4.61. The quantitative estimate of drug-likeness (QED) is 0.671. The molecule has 2 N–H and O–H groups in total. The second kappa shape index (κ2) is 5.97. The molecule has 6 heteroatoms. The van der Waals surface area contributed by atoms with Gasteiger partial charge in [-0.3, -0.25) is 4.79 Å². The Morgan fingerprint density at radius 1 is 1.47 bits per heavy atom. The monoisotopic (exact) mass is 225 g/mol. The van der Waals surface area contributed by atoms with Gasteiger partial charge in [-0.25, -0.2) is 8.78 Å². The molecule has 0 amide bonds. The number of hydrogen-bond acceptors (Lipinski definition) is 4. The summed E-state index contributed by atoms with van der Waals surface area (Å²) >= 11 is 0. The highest BCUT2D eigenvalue weighted by atomic mass is 19.3. The summed E-state index contributed by atoms with van der Waals surface area (Å²) in [5, 5.41) is 11.1. The minimum absolute atomic E-state index is 0.193. The number of alkyl halides is 2. The van der Waals surface area contributed by atoms with Crippen LogP contribution in [0.3, 0.4) is 0 Å². The number of carbonyl (C=O) groups excluding carboxylic acids is 1. The molecule has 0 aromatic carbocycles. The predicted molar refractivity (Wildman–Crippen MR) is 50.7 cm³/mol. The topological polar surface area (TPSA) is 58.6 Å². The normalized spacial score (nSPS) is 14.1. The molecule has 0 aromatic rings. The van der Waals surface area contributed by atoms with Gasteiger partial charge in [0.1, 0.15) is 11.7 Å². The van der Waals surface area contributed by atoms with Crippen molar-refractivity contribution in [2.75, 3.05) is 13.1 Å². The van der Waals surface area contributed by atoms with Gasteiger partial charge in [-0.1, -0.05) is 0 Å². The minimum Gasteiger partial charge on any atom is -0.459 e. The highest BCUT2D eigenvalue weighted by Crippen LogP contribution is 2.06. The number of aliphatic hydroxyl groups excluding tert-OH is 1. The Bertz CT molecular complexity index is 204. The number of halogens is 2. The van der Waals surface area contributed by atoms with Crippen molar-refractivity contribution in [2.45, 2.75) is 38.9 Å². The van der Waals surface area contributed by atoms with Crippen molar-refractivity contribution in [3.05, 3.63) is 0 Å². The van der Waals surface area contributed by atoms with Crippen molar-refractivity contribution in [2.24, 2.45) is 0 Å². The lowest BCUT2D eigenvalue weighted by molar-refractivity contribution is -0.153. The lowest BCUT2D eigenvalue weighted by atomic mass is 10.2. The number of nitrogens with one attached hydrogen (secondary N) is 1. The van der Waals surface area contributed by atoms with E-state index in [1.54, 1.807) is 20.8 Å². The van der Waals surface area contributed by atoms with E-state index in [2.05, 4.69) is 5.32 Å². The van der Waals surface area contributed by atoms with Crippen LogP contribution in [0.15, 0.2) is 0 Å². The molecule has 0 bridgehead atoms. The van der Waals surface area contributed by atoms with Gasteiger partial charge in [0.25, 0.3) is 6.43 Å². The number of hydrogen-bond donors (Lipinski definition) is 2. The van der Waals surface area contributed by atoms with E-state index in [0.717, 1.165) is 0 Å². The second-order valence-corrected chi connectivity index (χ2v) is 4.12. The maximum absolute atomic E-state index is 11.8. The number of rotatable bonds is 5. The van der Waals surface area contributed by atoms with Crippen LogP contribution < -0.4 is 5.32 Å². The first-order valence-electron chi connectivity index (χ1n) is 4.61. The van der Waals surface area contributed by atoms with Crippen molar-refractivity contribution in [1.29, 1.82) is 0 Å². The van der Waals surface area contributed by atoms with Crippen LogP contribution in [0.2, 0.25) is 0 Å². The molecule has 1 atom stereocenters. The Balaban J connectivity index is 3.65. The fraction of sp³-hybridized carbons (Fsp3) is 0.889. The molecular weight excluding hydrogens is 208 g/mol. The number of carbonyl (C=O) groups is 1. The van der Waals surface area contributed by atoms with E-state index >= 15 is 0 Å². The van der Waals surface area contributed by atoms with E-state index in [4.69, 9.17) is 9.84 Å². The van der Waals surface area contributed by atoms with Crippen LogP contribution in [0.4, 0.5) is 8.78 Å². The van der Waals surface area contributed by atoms with Gasteiger partial charge in [-0.15, -0.1) is 0 Å². The third-order valence-electron chi connectivity index (χ3n) is 1.33. The summed E-state index contributed by atoms with van der Waals surface area (Å²) < 4.78 is 28.5. The summed E-state index contributed by atoms with van der Waals surface area (Å²) in [5.41, 5.74) is -0.597. The molecule has 0 heterocycles. The standard InChI is InChI=1S/C9H17F2NO3/c1-9(2,3)15-7(14)5-12-4-6(13)8(10)11/h6,8,12-13H,4-5H2,1-3H3. The van der Waals surface area contributed by atoms with Crippen LogP contribution in [0.5, 0.6) is 0 Å². The summed E-state index contributed by atoms with van der Waals surface area (Å²) in [6.45, 7) is 4.59. The first-order chi connectivity index (χ1) is 6.72. The number of esters is 1. The first kappa shape index (κ1) is 14.2. The molecule has 0 aliphatic carbocycles. The lowest BCUT2D eigenvalue weighted by Crippen LogP contribution is -2.37. The molecule has 15 heavy (non-hydrogen) atoms. The molecule has 0 rings (SSSR count). The molecule has 0 fully saturated rings. The van der Waals surface area contributed by atoms with Crippen LogP contribution in [0.25, 0.3) is 0 Å². The maximum Gasteiger partial charge on any atom is 0.320 e. The molecule has 0 spiro atoms. The minimum atomic E-state index is -2.81. The van der Waals surface area contributed by atoms with Crippen LogP contribution >= 0.6 is 0 Å². The molecule has 1 unspecified atom stereocenters. The molecule has 4 nitrogen and oxygen atoms in total. The van der Waals surface area contributed by atoms with E-state index in [1.807, 2.05) is 0 Å². The Kier molecular flexibility index (Phi) is 5.67. The molecule has 0 saturated carbocycles. The van der Waals surface area contributed by atoms with Crippen molar-refractivity contribution < 1.29 is 23.4 Å². The van der Waals surface area contributed by atoms with E-state index in [-0.39, 0.29) is 13.1 Å². The van der Waals surface area contributed by atoms with Gasteiger partial charge in [0, 0.05) is 6.54 Å². The Morgan fingerprint density at radius 2 is 2.00 bits per heavy atom. The summed E-state index contributed by atoms with van der Waals surface area (Å²) in [7, 11) is 0. The Morgan fingerprint density at radius 3 is 2.40 bits per heavy atom. The number of aliphatic hydroxyl groups is 1. The summed E-state index contributed by atoms with van der Waals surface area (Å²) in [5.74, 6) is -0.538. The Labute approximate surface area is 87.6 Å². The zero-order valence-electron chi connectivity index (χ0n) is 9.09. The van der Waals surface area contributed by atoms with E-state index in [9.17, 15) is 13.6 Å². The van der Waals surface area contributed by atoms with Crippen molar-refractivity contribution in [3.8, 4) is 0 Å². The van der Waals surface area contributed by atoms with Gasteiger partial charge in [0.05, 0.1) is 6.54 Å². The summed E-state index contributed by atoms with van der Waals surface area (Å²) in [4.78, 5) is 11.1. The summed E-state index contributed by atoms with van der Waals surface area (Å²) in [6, 6.07) is 0. The van der Waals surface area contributed by atoms with Crippen molar-refractivity contribution in [1.82, 2.24) is 5.32 Å². The van der Waals surface area contributed by atoms with Crippen molar-refractivity contribution >= 4 is 5.97 Å².